The van der Waals surface area contributed by atoms with Gasteiger partial charge in [0.05, 0.1) is 11.8 Å². The summed E-state index contributed by atoms with van der Waals surface area (Å²) in [5.41, 5.74) is 6.51. The Kier molecular flexibility index (Phi) is 9.68. The van der Waals surface area contributed by atoms with Crippen LogP contribution < -0.4 is 10.1 Å². The summed E-state index contributed by atoms with van der Waals surface area (Å²) in [4.78, 5) is 16.1. The van der Waals surface area contributed by atoms with Crippen LogP contribution in [0.3, 0.4) is 0 Å². The van der Waals surface area contributed by atoms with E-state index in [1.54, 1.807) is 11.3 Å². The summed E-state index contributed by atoms with van der Waals surface area (Å²) in [5.74, 6) is 0.0959. The van der Waals surface area contributed by atoms with E-state index in [1.807, 2.05) is 0 Å². The van der Waals surface area contributed by atoms with E-state index in [0.717, 1.165) is 29.0 Å². The first-order chi connectivity index (χ1) is 18.4. The van der Waals surface area contributed by atoms with Crippen LogP contribution in [0.25, 0.3) is 11.1 Å². The van der Waals surface area contributed by atoms with Crippen LogP contribution in [0.15, 0.2) is 78.4 Å². The molecule has 0 bridgehead atoms. The van der Waals surface area contributed by atoms with Gasteiger partial charge in [0.2, 0.25) is 0 Å². The van der Waals surface area contributed by atoms with Gasteiger partial charge in [-0.2, -0.15) is 0 Å². The van der Waals surface area contributed by atoms with E-state index in [9.17, 15) is 4.79 Å². The number of aromatic carboxylic acids is 1. The molecule has 0 saturated carbocycles. The summed E-state index contributed by atoms with van der Waals surface area (Å²) in [5, 5.41) is 14.9. The number of benzene rings is 2. The number of pyridine rings is 1. The quantitative estimate of drug-likeness (QED) is 0.186. The Hall–Kier alpha value is -3.48. The van der Waals surface area contributed by atoms with Gasteiger partial charge in [-0.25, -0.2) is 4.79 Å². The summed E-state index contributed by atoms with van der Waals surface area (Å²) in [7, 11) is 0. The number of aromatic nitrogens is 1. The zero-order valence-corrected chi connectivity index (χ0v) is 23.1. The van der Waals surface area contributed by atoms with Gasteiger partial charge in [-0.1, -0.05) is 62.4 Å². The van der Waals surface area contributed by atoms with Crippen molar-refractivity contribution in [2.75, 3.05) is 0 Å². The summed E-state index contributed by atoms with van der Waals surface area (Å²) in [6, 6.07) is 21.8. The third kappa shape index (κ3) is 7.53. The maximum Gasteiger partial charge on any atom is 0.337 e. The van der Waals surface area contributed by atoms with Crippen molar-refractivity contribution < 1.29 is 14.6 Å². The molecular formula is C32H36N2O3S. The second kappa shape index (κ2) is 13.4. The van der Waals surface area contributed by atoms with Crippen LogP contribution in [0.1, 0.15) is 71.5 Å². The van der Waals surface area contributed by atoms with E-state index in [4.69, 9.17) is 9.84 Å². The molecule has 0 spiro atoms. The van der Waals surface area contributed by atoms with Crippen LogP contribution in [0.5, 0.6) is 5.75 Å². The lowest BCUT2D eigenvalue weighted by Crippen LogP contribution is -2.27. The van der Waals surface area contributed by atoms with E-state index < -0.39 is 5.97 Å². The molecule has 4 aromatic rings. The van der Waals surface area contributed by atoms with E-state index >= 15 is 0 Å². The lowest BCUT2D eigenvalue weighted by Gasteiger charge is -2.16. The largest absolute Gasteiger partial charge is 0.486 e. The van der Waals surface area contributed by atoms with Gasteiger partial charge in [-0.15, -0.1) is 11.3 Å². The molecule has 1 unspecified atom stereocenters. The van der Waals surface area contributed by atoms with Gasteiger partial charge in [-0.05, 0) is 77.4 Å². The number of rotatable bonds is 13. The lowest BCUT2D eigenvalue weighted by atomic mass is 9.92. The average Bonchev–Trinajstić information content (AvgIpc) is 3.42. The molecule has 38 heavy (non-hydrogen) atoms. The van der Waals surface area contributed by atoms with Gasteiger partial charge in [0.15, 0.2) is 0 Å². The number of carbonyl (C=O) groups is 1. The fraction of sp³-hybridized carbons (Fsp3) is 0.312. The van der Waals surface area contributed by atoms with Crippen molar-refractivity contribution in [3.8, 4) is 16.9 Å². The minimum absolute atomic E-state index is 0.115. The van der Waals surface area contributed by atoms with Gasteiger partial charge < -0.3 is 15.2 Å². The smallest absolute Gasteiger partial charge is 0.337 e. The molecule has 2 heterocycles. The first-order valence-corrected chi connectivity index (χ1v) is 14.1. The average molecular weight is 529 g/mol. The standard InChI is InChI=1S/C32H36N2O3S/c1-4-25(5-2)26-10-6-23(7-11-26)14-22(3)34-17-24-8-12-27(13-9-24)29-16-31(38-21-29)20-37-30-15-28(32(35)36)18-33-19-30/h6-13,15-16,18-19,21-22,25,34H,4-5,14,17,20H2,1-3H3,(H,35,36). The van der Waals surface area contributed by atoms with E-state index in [2.05, 4.69) is 91.0 Å². The predicted octanol–water partition coefficient (Wildman–Crippen LogP) is 7.71. The molecule has 0 aliphatic heterocycles. The van der Waals surface area contributed by atoms with Gasteiger partial charge in [-0.3, -0.25) is 4.98 Å². The van der Waals surface area contributed by atoms with Crippen LogP contribution >= 0.6 is 11.3 Å². The SMILES string of the molecule is CCC(CC)c1ccc(CC(C)NCc2ccc(-c3csc(COc4cncc(C(=O)O)c4)c3)cc2)cc1. The van der Waals surface area contributed by atoms with Crippen molar-refractivity contribution in [1.29, 1.82) is 0 Å². The number of hydrogen-bond acceptors (Lipinski definition) is 5. The van der Waals surface area contributed by atoms with Gasteiger partial charge >= 0.3 is 5.97 Å². The fourth-order valence-electron chi connectivity index (χ4n) is 4.60. The molecule has 2 aromatic carbocycles. The summed E-state index contributed by atoms with van der Waals surface area (Å²) in [6.07, 6.45) is 6.23. The van der Waals surface area contributed by atoms with E-state index in [0.29, 0.717) is 24.3 Å². The Labute approximate surface area is 229 Å². The minimum Gasteiger partial charge on any atom is -0.486 e. The molecule has 0 radical (unpaired) electrons. The maximum absolute atomic E-state index is 11.1. The molecule has 5 nitrogen and oxygen atoms in total. The Balaban J connectivity index is 1.26. The molecule has 1 atom stereocenters. The molecule has 0 aliphatic rings. The van der Waals surface area contributed by atoms with Gasteiger partial charge in [0.25, 0.3) is 0 Å². The number of carboxylic acid groups (broad SMARTS) is 1. The predicted molar refractivity (Wildman–Crippen MR) is 155 cm³/mol. The molecule has 2 N–H and O–H groups in total. The third-order valence-electron chi connectivity index (χ3n) is 6.92. The Morgan fingerprint density at radius 1 is 0.974 bits per heavy atom. The van der Waals surface area contributed by atoms with Crippen molar-refractivity contribution in [1.82, 2.24) is 10.3 Å². The van der Waals surface area contributed by atoms with Crippen LogP contribution in [0, 0.1) is 0 Å². The molecular weight excluding hydrogens is 492 g/mol. The molecule has 2 aromatic heterocycles. The Bertz CT molecular complexity index is 1310. The van der Waals surface area contributed by atoms with Crippen molar-refractivity contribution >= 4 is 17.3 Å². The van der Waals surface area contributed by atoms with Crippen LogP contribution in [-0.4, -0.2) is 22.1 Å². The molecule has 0 saturated heterocycles. The fourth-order valence-corrected chi connectivity index (χ4v) is 5.40. The zero-order valence-electron chi connectivity index (χ0n) is 22.3. The number of hydrogen-bond donors (Lipinski definition) is 2. The highest BCUT2D eigenvalue weighted by Gasteiger charge is 2.10. The first kappa shape index (κ1) is 27.6. The highest BCUT2D eigenvalue weighted by atomic mass is 32.1. The topological polar surface area (TPSA) is 71.5 Å². The van der Waals surface area contributed by atoms with E-state index in [1.165, 1.54) is 48.0 Å². The number of thiophene rings is 1. The summed E-state index contributed by atoms with van der Waals surface area (Å²) >= 11 is 1.62. The lowest BCUT2D eigenvalue weighted by molar-refractivity contribution is 0.0696. The molecule has 0 amide bonds. The third-order valence-corrected chi connectivity index (χ3v) is 7.83. The maximum atomic E-state index is 11.1. The van der Waals surface area contributed by atoms with E-state index in [-0.39, 0.29) is 5.56 Å². The minimum atomic E-state index is -1.02. The molecule has 0 fully saturated rings. The second-order valence-electron chi connectivity index (χ2n) is 9.74. The highest BCUT2D eigenvalue weighted by molar-refractivity contribution is 7.10. The Morgan fingerprint density at radius 2 is 1.68 bits per heavy atom. The zero-order chi connectivity index (χ0) is 26.9. The summed E-state index contributed by atoms with van der Waals surface area (Å²) < 4.78 is 5.75. The highest BCUT2D eigenvalue weighted by Crippen LogP contribution is 2.27. The summed E-state index contributed by atoms with van der Waals surface area (Å²) in [6.45, 7) is 7.97. The Morgan fingerprint density at radius 3 is 2.37 bits per heavy atom. The van der Waals surface area contributed by atoms with Gasteiger partial charge in [0, 0.05) is 23.7 Å². The number of nitrogens with one attached hydrogen (secondary N) is 1. The van der Waals surface area contributed by atoms with Crippen LogP contribution in [-0.2, 0) is 19.6 Å². The molecule has 4 rings (SSSR count). The van der Waals surface area contributed by atoms with Crippen molar-refractivity contribution in [2.45, 2.75) is 65.1 Å². The number of ether oxygens (including phenoxy) is 1. The molecule has 6 heteroatoms. The van der Waals surface area contributed by atoms with Crippen molar-refractivity contribution in [2.24, 2.45) is 0 Å². The second-order valence-corrected chi connectivity index (χ2v) is 10.7. The van der Waals surface area contributed by atoms with Crippen LogP contribution in [0.2, 0.25) is 0 Å². The number of nitrogens with zero attached hydrogens (tertiary/aromatic N) is 1. The normalized spacial score (nSPS) is 12.0. The van der Waals surface area contributed by atoms with Crippen molar-refractivity contribution in [3.63, 3.8) is 0 Å². The molecule has 0 aliphatic carbocycles. The van der Waals surface area contributed by atoms with Gasteiger partial charge in [0.1, 0.15) is 12.4 Å². The van der Waals surface area contributed by atoms with Crippen molar-refractivity contribution in [3.05, 3.63) is 106 Å². The monoisotopic (exact) mass is 528 g/mol. The molecule has 198 valence electrons. The first-order valence-electron chi connectivity index (χ1n) is 13.2. The number of carboxylic acids is 1. The van der Waals surface area contributed by atoms with Crippen LogP contribution in [0.4, 0.5) is 0 Å².